The minimum absolute atomic E-state index is 0.0574. The highest BCUT2D eigenvalue weighted by atomic mass is 32.2. The van der Waals surface area contributed by atoms with Crippen molar-refractivity contribution in [2.24, 2.45) is 0 Å². The van der Waals surface area contributed by atoms with Crippen LogP contribution in [0.25, 0.3) is 16.8 Å². The summed E-state index contributed by atoms with van der Waals surface area (Å²) < 4.78 is 77.5. The first kappa shape index (κ1) is 35.5. The smallest absolute Gasteiger partial charge is 0.421 e. The van der Waals surface area contributed by atoms with Gasteiger partial charge < -0.3 is 4.74 Å². The van der Waals surface area contributed by atoms with Gasteiger partial charge in [-0.2, -0.15) is 17.9 Å². The molecule has 0 saturated carbocycles. The van der Waals surface area contributed by atoms with E-state index in [-0.39, 0.29) is 17.1 Å². The standard InChI is InChI=1S/C34H39F3N4O5S/c1-6-8-18-30-38-41(28-16-11-10-15-27(28)34(35,36)37)32(43)40(30)22-25-20-19-24(21-23(25)13-7-2)26-14-9-12-17-29(26)47(44,45)39-31(42)46-33(3,4)5/h9-12,14-17,19-21H,6-8,13,18,22H2,1-5H3,(H,39,42). The minimum atomic E-state index is -4.68. The number of rotatable bonds is 11. The van der Waals surface area contributed by atoms with Crippen LogP contribution in [0.2, 0.25) is 0 Å². The number of unbranched alkanes of at least 4 members (excludes halogenated alkanes) is 1. The number of halogens is 3. The van der Waals surface area contributed by atoms with Crippen molar-refractivity contribution in [3.05, 3.63) is 99.7 Å². The highest BCUT2D eigenvalue weighted by Gasteiger charge is 2.35. The number of nitrogens with zero attached hydrogens (tertiary/aromatic N) is 3. The van der Waals surface area contributed by atoms with Crippen LogP contribution in [0.1, 0.15) is 76.4 Å². The third kappa shape index (κ3) is 8.51. The predicted octanol–water partition coefficient (Wildman–Crippen LogP) is 7.28. The zero-order valence-electron chi connectivity index (χ0n) is 27.0. The van der Waals surface area contributed by atoms with Crippen LogP contribution in [0.4, 0.5) is 18.0 Å². The molecule has 0 aliphatic carbocycles. The van der Waals surface area contributed by atoms with Crippen molar-refractivity contribution in [1.29, 1.82) is 0 Å². The first-order valence-corrected chi connectivity index (χ1v) is 16.9. The summed E-state index contributed by atoms with van der Waals surface area (Å²) in [5, 5.41) is 4.37. The Morgan fingerprint density at radius 3 is 2.26 bits per heavy atom. The second-order valence-electron chi connectivity index (χ2n) is 12.2. The molecule has 47 heavy (non-hydrogen) atoms. The van der Waals surface area contributed by atoms with E-state index in [0.717, 1.165) is 34.7 Å². The molecular formula is C34H39F3N4O5S. The van der Waals surface area contributed by atoms with Gasteiger partial charge in [0.1, 0.15) is 11.4 Å². The lowest BCUT2D eigenvalue weighted by atomic mass is 9.96. The van der Waals surface area contributed by atoms with Crippen LogP contribution in [-0.4, -0.2) is 34.5 Å². The van der Waals surface area contributed by atoms with Gasteiger partial charge in [-0.3, -0.25) is 4.57 Å². The van der Waals surface area contributed by atoms with E-state index >= 15 is 0 Å². The number of sulfonamides is 1. The summed E-state index contributed by atoms with van der Waals surface area (Å²) in [5.74, 6) is 0.366. The molecule has 0 radical (unpaired) electrons. The molecule has 1 aromatic heterocycles. The first-order chi connectivity index (χ1) is 22.1. The molecule has 13 heteroatoms. The van der Waals surface area contributed by atoms with Crippen LogP contribution >= 0.6 is 0 Å². The molecule has 0 saturated heterocycles. The molecule has 1 amide bonds. The Hall–Kier alpha value is -4.39. The van der Waals surface area contributed by atoms with Gasteiger partial charge in [0.25, 0.3) is 10.0 Å². The van der Waals surface area contributed by atoms with E-state index in [1.165, 1.54) is 28.8 Å². The maximum Gasteiger partial charge on any atom is 0.421 e. The SMILES string of the molecule is CCCCc1nn(-c2ccccc2C(F)(F)F)c(=O)n1Cc1ccc(-c2ccccc2S(=O)(=O)NC(=O)OC(C)(C)C)cc1CCC. The minimum Gasteiger partial charge on any atom is -0.443 e. The molecule has 1 heterocycles. The van der Waals surface area contributed by atoms with Crippen molar-refractivity contribution in [3.8, 4) is 16.8 Å². The quantitative estimate of drug-likeness (QED) is 0.179. The fourth-order valence-electron chi connectivity index (χ4n) is 5.19. The van der Waals surface area contributed by atoms with Crippen LogP contribution in [0.15, 0.2) is 76.4 Å². The molecule has 3 aromatic carbocycles. The summed E-state index contributed by atoms with van der Waals surface area (Å²) in [6.07, 6.45) is -2.60. The van der Waals surface area contributed by atoms with E-state index in [9.17, 15) is 31.2 Å². The predicted molar refractivity (Wildman–Crippen MR) is 173 cm³/mol. The lowest BCUT2D eigenvalue weighted by Crippen LogP contribution is -2.36. The summed E-state index contributed by atoms with van der Waals surface area (Å²) in [5.41, 5.74) is -0.409. The molecule has 0 bridgehead atoms. The molecule has 0 spiro atoms. The number of aryl methyl sites for hydroxylation is 2. The molecule has 4 rings (SSSR count). The highest BCUT2D eigenvalue weighted by molar-refractivity contribution is 7.90. The van der Waals surface area contributed by atoms with Gasteiger partial charge in [-0.1, -0.05) is 75.2 Å². The fraction of sp³-hybridized carbons (Fsp3) is 0.382. The Labute approximate surface area is 272 Å². The molecule has 0 aliphatic rings. The first-order valence-electron chi connectivity index (χ1n) is 15.4. The van der Waals surface area contributed by atoms with Gasteiger partial charge in [-0.25, -0.2) is 22.7 Å². The number of hydrogen-bond acceptors (Lipinski definition) is 6. The summed E-state index contributed by atoms with van der Waals surface area (Å²) in [7, 11) is -4.31. The third-order valence-electron chi connectivity index (χ3n) is 7.29. The highest BCUT2D eigenvalue weighted by Crippen LogP contribution is 2.33. The van der Waals surface area contributed by atoms with Gasteiger partial charge in [0.15, 0.2) is 0 Å². The number of alkyl halides is 3. The number of carbonyl (C=O) groups is 1. The molecule has 0 unspecified atom stereocenters. The number of carbonyl (C=O) groups excluding carboxylic acids is 1. The Balaban J connectivity index is 1.77. The molecule has 252 valence electrons. The number of ether oxygens (including phenoxy) is 1. The molecule has 9 nitrogen and oxygen atoms in total. The lowest BCUT2D eigenvalue weighted by molar-refractivity contribution is -0.137. The van der Waals surface area contributed by atoms with E-state index in [4.69, 9.17) is 4.74 Å². The summed E-state index contributed by atoms with van der Waals surface area (Å²) in [6, 6.07) is 16.4. The Bertz CT molecular complexity index is 1910. The van der Waals surface area contributed by atoms with Crippen LogP contribution in [0, 0.1) is 0 Å². The van der Waals surface area contributed by atoms with E-state index in [2.05, 4.69) is 5.10 Å². The van der Waals surface area contributed by atoms with Gasteiger partial charge in [0, 0.05) is 12.0 Å². The van der Waals surface area contributed by atoms with Crippen molar-refractivity contribution in [2.75, 3.05) is 0 Å². The number of amides is 1. The molecule has 0 aliphatic heterocycles. The number of benzene rings is 3. The molecular weight excluding hydrogens is 633 g/mol. The van der Waals surface area contributed by atoms with Crippen molar-refractivity contribution in [1.82, 2.24) is 19.1 Å². The largest absolute Gasteiger partial charge is 0.443 e. The molecule has 0 fully saturated rings. The Kier molecular flexibility index (Phi) is 10.7. The molecule has 1 N–H and O–H groups in total. The zero-order valence-corrected chi connectivity index (χ0v) is 27.8. The summed E-state index contributed by atoms with van der Waals surface area (Å²) in [6.45, 7) is 8.87. The van der Waals surface area contributed by atoms with E-state index in [0.29, 0.717) is 36.2 Å². The maximum absolute atomic E-state index is 13.9. The monoisotopic (exact) mass is 672 g/mol. The van der Waals surface area contributed by atoms with E-state index in [1.807, 2.05) is 24.6 Å². The number of aromatic nitrogens is 3. The molecule has 0 atom stereocenters. The van der Waals surface area contributed by atoms with Crippen LogP contribution in [-0.2, 0) is 40.3 Å². The van der Waals surface area contributed by atoms with Gasteiger partial charge in [-0.05, 0) is 68.5 Å². The van der Waals surface area contributed by atoms with Crippen molar-refractivity contribution < 1.29 is 31.1 Å². The van der Waals surface area contributed by atoms with Crippen LogP contribution < -0.4 is 10.4 Å². The average Bonchev–Trinajstić information content (AvgIpc) is 3.29. The summed E-state index contributed by atoms with van der Waals surface area (Å²) >= 11 is 0. The van der Waals surface area contributed by atoms with Gasteiger partial charge in [0.05, 0.1) is 22.7 Å². The maximum atomic E-state index is 13.9. The molecule has 4 aromatic rings. The zero-order chi connectivity index (χ0) is 34.6. The van der Waals surface area contributed by atoms with E-state index < -0.39 is 39.1 Å². The third-order valence-corrected chi connectivity index (χ3v) is 8.66. The van der Waals surface area contributed by atoms with Crippen molar-refractivity contribution in [3.63, 3.8) is 0 Å². The number of nitrogens with one attached hydrogen (secondary N) is 1. The van der Waals surface area contributed by atoms with Crippen LogP contribution in [0.3, 0.4) is 0 Å². The lowest BCUT2D eigenvalue weighted by Gasteiger charge is -2.20. The van der Waals surface area contributed by atoms with Gasteiger partial charge in [0.2, 0.25) is 0 Å². The number of para-hydroxylation sites is 1. The second kappa shape index (κ2) is 14.2. The number of hydrogen-bond donors (Lipinski definition) is 1. The van der Waals surface area contributed by atoms with Gasteiger partial charge >= 0.3 is 18.0 Å². The Morgan fingerprint density at radius 2 is 1.60 bits per heavy atom. The fourth-order valence-corrected chi connectivity index (χ4v) is 6.30. The van der Waals surface area contributed by atoms with Crippen molar-refractivity contribution >= 4 is 16.1 Å². The van der Waals surface area contributed by atoms with E-state index in [1.54, 1.807) is 51.1 Å². The van der Waals surface area contributed by atoms with Gasteiger partial charge in [-0.15, -0.1) is 5.10 Å². The topological polar surface area (TPSA) is 112 Å². The summed E-state index contributed by atoms with van der Waals surface area (Å²) in [4.78, 5) is 25.9. The Morgan fingerprint density at radius 1 is 0.915 bits per heavy atom. The van der Waals surface area contributed by atoms with Crippen LogP contribution in [0.5, 0.6) is 0 Å². The second-order valence-corrected chi connectivity index (χ2v) is 13.8. The normalized spacial score (nSPS) is 12.3. The average molecular weight is 673 g/mol. The van der Waals surface area contributed by atoms with Crippen molar-refractivity contribution in [2.45, 2.75) is 89.9 Å².